The Morgan fingerprint density at radius 2 is 1.66 bits per heavy atom. The van der Waals surface area contributed by atoms with Crippen LogP contribution in [0, 0.1) is 0 Å². The van der Waals surface area contributed by atoms with E-state index >= 15 is 0 Å². The lowest BCUT2D eigenvalue weighted by molar-refractivity contribution is 0.216. The summed E-state index contributed by atoms with van der Waals surface area (Å²) < 4.78 is 2.05. The quantitative estimate of drug-likeness (QED) is 0.356. The number of rotatable bonds is 6. The highest BCUT2D eigenvalue weighted by molar-refractivity contribution is 5.89. The number of aromatic nitrogens is 4. The standard InChI is InChI=1S/C31H39N7/c1-35-15-10-27(11-16-35)36(2)31-19-24(9-12-32-31)29-18-26-17-23(7-8-25(26)20-33-29)28-21-34-37(3)30(28)22-38-13-5-4-6-14-38/h7-9,12,17-21,27H,4-6,10-11,13-16,22H2,1-3H3. The van der Waals surface area contributed by atoms with Crippen molar-refractivity contribution in [2.24, 2.45) is 7.05 Å². The molecule has 2 aliphatic rings. The molecule has 2 aliphatic heterocycles. The van der Waals surface area contributed by atoms with Gasteiger partial charge in [-0.2, -0.15) is 5.10 Å². The molecule has 1 aromatic carbocycles. The predicted octanol–water partition coefficient (Wildman–Crippen LogP) is 5.21. The summed E-state index contributed by atoms with van der Waals surface area (Å²) in [6.45, 7) is 5.59. The summed E-state index contributed by atoms with van der Waals surface area (Å²) >= 11 is 0. The lowest BCUT2D eigenvalue weighted by atomic mass is 10.0. The van der Waals surface area contributed by atoms with Crippen LogP contribution in [0.5, 0.6) is 0 Å². The Balaban J connectivity index is 1.28. The highest BCUT2D eigenvalue weighted by Gasteiger charge is 2.22. The molecule has 4 aromatic rings. The van der Waals surface area contributed by atoms with Gasteiger partial charge in [-0.1, -0.05) is 18.6 Å². The number of aryl methyl sites for hydroxylation is 1. The van der Waals surface area contributed by atoms with Gasteiger partial charge in [-0.25, -0.2) is 4.98 Å². The maximum absolute atomic E-state index is 4.83. The van der Waals surface area contributed by atoms with Crippen LogP contribution in [0.25, 0.3) is 33.2 Å². The van der Waals surface area contributed by atoms with Crippen molar-refractivity contribution in [2.45, 2.75) is 44.7 Å². The van der Waals surface area contributed by atoms with Gasteiger partial charge >= 0.3 is 0 Å². The third kappa shape index (κ3) is 5.18. The molecule has 0 bridgehead atoms. The Morgan fingerprint density at radius 1 is 0.842 bits per heavy atom. The van der Waals surface area contributed by atoms with Crippen molar-refractivity contribution in [3.63, 3.8) is 0 Å². The van der Waals surface area contributed by atoms with E-state index in [4.69, 9.17) is 9.97 Å². The molecule has 7 nitrogen and oxygen atoms in total. The van der Waals surface area contributed by atoms with Gasteiger partial charge in [-0.3, -0.25) is 14.6 Å². The maximum Gasteiger partial charge on any atom is 0.129 e. The van der Waals surface area contributed by atoms with Gasteiger partial charge in [0.05, 0.1) is 17.6 Å². The van der Waals surface area contributed by atoms with Crippen molar-refractivity contribution in [3.05, 3.63) is 60.7 Å². The summed E-state index contributed by atoms with van der Waals surface area (Å²) in [5, 5.41) is 6.98. The average molecular weight is 510 g/mol. The Morgan fingerprint density at radius 3 is 2.47 bits per heavy atom. The highest BCUT2D eigenvalue weighted by atomic mass is 15.3. The van der Waals surface area contributed by atoms with E-state index in [0.717, 1.165) is 42.1 Å². The molecular formula is C31H39N7. The van der Waals surface area contributed by atoms with Gasteiger partial charge in [-0.15, -0.1) is 0 Å². The molecule has 38 heavy (non-hydrogen) atoms. The zero-order valence-electron chi connectivity index (χ0n) is 23.0. The second kappa shape index (κ2) is 10.8. The minimum atomic E-state index is 0.527. The topological polar surface area (TPSA) is 53.3 Å². The summed E-state index contributed by atoms with van der Waals surface area (Å²) in [6.07, 6.45) is 12.2. The average Bonchev–Trinajstić information content (AvgIpc) is 3.32. The smallest absolute Gasteiger partial charge is 0.129 e. The monoisotopic (exact) mass is 509 g/mol. The highest BCUT2D eigenvalue weighted by Crippen LogP contribution is 2.31. The molecule has 0 unspecified atom stereocenters. The molecule has 0 saturated carbocycles. The second-order valence-corrected chi connectivity index (χ2v) is 11.1. The molecule has 2 saturated heterocycles. The third-order valence-electron chi connectivity index (χ3n) is 8.55. The lowest BCUT2D eigenvalue weighted by Gasteiger charge is -2.35. The van der Waals surface area contributed by atoms with Crippen molar-refractivity contribution in [2.75, 3.05) is 45.2 Å². The molecule has 0 aliphatic carbocycles. The summed E-state index contributed by atoms with van der Waals surface area (Å²) in [4.78, 5) is 16.9. The molecule has 198 valence electrons. The number of hydrogen-bond donors (Lipinski definition) is 0. The van der Waals surface area contributed by atoms with Crippen LogP contribution in [-0.2, 0) is 13.6 Å². The number of nitrogens with zero attached hydrogens (tertiary/aromatic N) is 7. The Kier molecular flexibility index (Phi) is 7.13. The number of fused-ring (bicyclic) bond motifs is 1. The van der Waals surface area contributed by atoms with Gasteiger partial charge in [0.25, 0.3) is 0 Å². The molecule has 5 heterocycles. The fourth-order valence-electron chi connectivity index (χ4n) is 6.03. The number of hydrogen-bond acceptors (Lipinski definition) is 6. The van der Waals surface area contributed by atoms with E-state index in [0.29, 0.717) is 6.04 Å². The molecule has 0 N–H and O–H groups in total. The molecule has 3 aromatic heterocycles. The van der Waals surface area contributed by atoms with Crippen molar-refractivity contribution in [1.29, 1.82) is 0 Å². The molecular weight excluding hydrogens is 470 g/mol. The number of benzene rings is 1. The first-order chi connectivity index (χ1) is 18.5. The van der Waals surface area contributed by atoms with E-state index in [1.54, 1.807) is 0 Å². The van der Waals surface area contributed by atoms with Crippen molar-refractivity contribution < 1.29 is 0 Å². The van der Waals surface area contributed by atoms with Gasteiger partial charge in [0.1, 0.15) is 5.82 Å². The first kappa shape index (κ1) is 25.0. The first-order valence-electron chi connectivity index (χ1n) is 14.1. The lowest BCUT2D eigenvalue weighted by Crippen LogP contribution is -2.42. The van der Waals surface area contributed by atoms with Crippen molar-refractivity contribution in [3.8, 4) is 22.4 Å². The maximum atomic E-state index is 4.83. The number of anilines is 1. The summed E-state index contributed by atoms with van der Waals surface area (Å²) in [5.41, 5.74) is 5.82. The van der Waals surface area contributed by atoms with Crippen LogP contribution in [0.2, 0.25) is 0 Å². The van der Waals surface area contributed by atoms with E-state index in [9.17, 15) is 0 Å². The van der Waals surface area contributed by atoms with Crippen LogP contribution in [0.15, 0.2) is 55.0 Å². The molecule has 0 radical (unpaired) electrons. The van der Waals surface area contributed by atoms with Crippen LogP contribution in [0.4, 0.5) is 5.82 Å². The third-order valence-corrected chi connectivity index (χ3v) is 8.55. The molecule has 0 atom stereocenters. The van der Waals surface area contributed by atoms with Gasteiger partial charge in [0.2, 0.25) is 0 Å². The van der Waals surface area contributed by atoms with Gasteiger partial charge < -0.3 is 9.80 Å². The van der Waals surface area contributed by atoms with Crippen LogP contribution in [0.3, 0.4) is 0 Å². The van der Waals surface area contributed by atoms with Gasteiger partial charge in [0.15, 0.2) is 0 Å². The van der Waals surface area contributed by atoms with Crippen LogP contribution >= 0.6 is 0 Å². The summed E-state index contributed by atoms with van der Waals surface area (Å²) in [5.74, 6) is 1.02. The van der Waals surface area contributed by atoms with Crippen molar-refractivity contribution in [1.82, 2.24) is 29.5 Å². The predicted molar refractivity (Wildman–Crippen MR) is 155 cm³/mol. The zero-order chi connectivity index (χ0) is 26.1. The molecule has 2 fully saturated rings. The fraction of sp³-hybridized carbons (Fsp3) is 0.452. The minimum Gasteiger partial charge on any atom is -0.357 e. The van der Waals surface area contributed by atoms with Gasteiger partial charge in [-0.05, 0) is 94.1 Å². The first-order valence-corrected chi connectivity index (χ1v) is 14.1. The summed E-state index contributed by atoms with van der Waals surface area (Å²) in [7, 11) is 6.45. The largest absolute Gasteiger partial charge is 0.357 e. The Bertz CT molecular complexity index is 1400. The zero-order valence-corrected chi connectivity index (χ0v) is 23.0. The molecule has 6 rings (SSSR count). The normalized spacial score (nSPS) is 17.8. The van der Waals surface area contributed by atoms with E-state index in [2.05, 4.69) is 77.3 Å². The SMILES string of the molecule is CN1CCC(N(C)c2cc(-c3cc4cc(-c5cnn(C)c5CN5CCCCC5)ccc4cn3)ccn2)CC1. The van der Waals surface area contributed by atoms with E-state index in [-0.39, 0.29) is 0 Å². The van der Waals surface area contributed by atoms with Gasteiger partial charge in [0, 0.05) is 55.6 Å². The number of pyridine rings is 2. The molecule has 7 heteroatoms. The molecule has 0 spiro atoms. The number of likely N-dealkylation sites (tertiary alicyclic amines) is 2. The summed E-state index contributed by atoms with van der Waals surface area (Å²) in [6, 6.07) is 13.7. The second-order valence-electron chi connectivity index (χ2n) is 11.1. The van der Waals surface area contributed by atoms with Crippen LogP contribution in [-0.4, -0.2) is 75.9 Å². The van der Waals surface area contributed by atoms with Crippen LogP contribution < -0.4 is 4.90 Å². The Labute approximate surface area is 226 Å². The Hall–Kier alpha value is -3.29. The fourth-order valence-corrected chi connectivity index (χ4v) is 6.03. The van der Waals surface area contributed by atoms with E-state index in [1.807, 2.05) is 23.3 Å². The van der Waals surface area contributed by atoms with Crippen molar-refractivity contribution >= 4 is 16.6 Å². The minimum absolute atomic E-state index is 0.527. The number of piperidine rings is 2. The van der Waals surface area contributed by atoms with E-state index in [1.165, 1.54) is 67.4 Å². The van der Waals surface area contributed by atoms with E-state index < -0.39 is 0 Å². The molecule has 0 amide bonds. The van der Waals surface area contributed by atoms with Crippen LogP contribution in [0.1, 0.15) is 37.8 Å².